The third-order valence-corrected chi connectivity index (χ3v) is 2.34. The average Bonchev–Trinajstić information content (AvgIpc) is 2.25. The summed E-state index contributed by atoms with van der Waals surface area (Å²) < 4.78 is 17.3. The molecule has 1 nitrogen and oxygen atoms in total. The molecule has 1 aromatic rings. The second-order valence-electron chi connectivity index (χ2n) is 3.97. The van der Waals surface area contributed by atoms with Crippen molar-refractivity contribution in [3.63, 3.8) is 0 Å². The molecule has 0 radical (unpaired) electrons. The normalized spacial score (nSPS) is 10.7. The zero-order valence-corrected chi connectivity index (χ0v) is 9.50. The first kappa shape index (κ1) is 12.0. The quantitative estimate of drug-likeness (QED) is 0.646. The average molecular weight is 210 g/mol. The number of ether oxygens (including phenoxy) is 1. The van der Waals surface area contributed by atoms with E-state index in [2.05, 4.69) is 26.0 Å². The largest absolute Gasteiger partial charge is 0.494 e. The predicted molar refractivity (Wildman–Crippen MR) is 61.2 cm³/mol. The van der Waals surface area contributed by atoms with E-state index >= 15 is 0 Å². The maximum Gasteiger partial charge on any atom is 0.119 e. The monoisotopic (exact) mass is 210 g/mol. The molecule has 0 aliphatic heterocycles. The molecule has 0 aromatic heterocycles. The lowest BCUT2D eigenvalue weighted by Crippen LogP contribution is -1.98. The molecule has 0 spiro atoms. The summed E-state index contributed by atoms with van der Waals surface area (Å²) in [7, 11) is 0. The third-order valence-electron chi connectivity index (χ3n) is 2.34. The Morgan fingerprint density at radius 3 is 2.33 bits per heavy atom. The number of halogens is 1. The molecule has 84 valence electrons. The third kappa shape index (κ3) is 4.32. The van der Waals surface area contributed by atoms with Crippen LogP contribution in [0.25, 0.3) is 0 Å². The van der Waals surface area contributed by atoms with Crippen molar-refractivity contribution in [1.29, 1.82) is 0 Å². The van der Waals surface area contributed by atoms with E-state index in [0.29, 0.717) is 18.9 Å². The Morgan fingerprint density at radius 2 is 1.80 bits per heavy atom. The summed E-state index contributed by atoms with van der Waals surface area (Å²) in [6.45, 7) is 4.68. The summed E-state index contributed by atoms with van der Waals surface area (Å²) >= 11 is 0. The highest BCUT2D eigenvalue weighted by atomic mass is 19.1. The molecule has 0 aliphatic rings. The zero-order valence-electron chi connectivity index (χ0n) is 9.50. The summed E-state index contributed by atoms with van der Waals surface area (Å²) in [5, 5.41) is 0. The van der Waals surface area contributed by atoms with Gasteiger partial charge in [0.15, 0.2) is 0 Å². The number of hydrogen-bond donors (Lipinski definition) is 0. The van der Waals surface area contributed by atoms with Gasteiger partial charge >= 0.3 is 0 Å². The lowest BCUT2D eigenvalue weighted by Gasteiger charge is -2.08. The SMILES string of the molecule is CC(C)c1ccc(OCCCCF)cc1. The lowest BCUT2D eigenvalue weighted by molar-refractivity contribution is 0.297. The molecule has 1 aromatic carbocycles. The van der Waals surface area contributed by atoms with Crippen LogP contribution in [0.1, 0.15) is 38.2 Å². The fraction of sp³-hybridized carbons (Fsp3) is 0.538. The molecule has 0 aliphatic carbocycles. The topological polar surface area (TPSA) is 9.23 Å². The standard InChI is InChI=1S/C13H19FO/c1-11(2)12-5-7-13(8-6-12)15-10-4-3-9-14/h5-8,11H,3-4,9-10H2,1-2H3. The van der Waals surface area contributed by atoms with Gasteiger partial charge in [-0.2, -0.15) is 0 Å². The molecule has 0 N–H and O–H groups in total. The van der Waals surface area contributed by atoms with E-state index in [1.54, 1.807) is 0 Å². The Balaban J connectivity index is 2.36. The Kier molecular flexibility index (Phi) is 5.16. The zero-order chi connectivity index (χ0) is 11.1. The first-order chi connectivity index (χ1) is 7.24. The highest BCUT2D eigenvalue weighted by Gasteiger charge is 1.99. The van der Waals surface area contributed by atoms with E-state index in [0.717, 1.165) is 12.2 Å². The minimum absolute atomic E-state index is 0.254. The molecule has 0 bridgehead atoms. The van der Waals surface area contributed by atoms with Crippen molar-refractivity contribution in [2.24, 2.45) is 0 Å². The highest BCUT2D eigenvalue weighted by molar-refractivity contribution is 5.28. The van der Waals surface area contributed by atoms with Gasteiger partial charge in [0.1, 0.15) is 5.75 Å². The van der Waals surface area contributed by atoms with Crippen LogP contribution in [0, 0.1) is 0 Å². The smallest absolute Gasteiger partial charge is 0.119 e. The van der Waals surface area contributed by atoms with Crippen LogP contribution in [-0.2, 0) is 0 Å². The fourth-order valence-electron chi connectivity index (χ4n) is 1.34. The van der Waals surface area contributed by atoms with Crippen LogP contribution >= 0.6 is 0 Å². The number of hydrogen-bond acceptors (Lipinski definition) is 1. The molecule has 0 saturated heterocycles. The van der Waals surface area contributed by atoms with Gasteiger partial charge in [0.25, 0.3) is 0 Å². The number of rotatable bonds is 6. The predicted octanol–water partition coefficient (Wildman–Crippen LogP) is 3.94. The van der Waals surface area contributed by atoms with Crippen LogP contribution in [0.5, 0.6) is 5.75 Å². The van der Waals surface area contributed by atoms with Gasteiger partial charge in [-0.15, -0.1) is 0 Å². The van der Waals surface area contributed by atoms with Crippen LogP contribution in [0.2, 0.25) is 0 Å². The van der Waals surface area contributed by atoms with Gasteiger partial charge in [-0.1, -0.05) is 26.0 Å². The Labute approximate surface area is 91.3 Å². The molecule has 0 atom stereocenters. The van der Waals surface area contributed by atoms with Gasteiger partial charge in [0.2, 0.25) is 0 Å². The molecule has 0 heterocycles. The maximum atomic E-state index is 11.8. The number of unbranched alkanes of at least 4 members (excludes halogenated alkanes) is 1. The van der Waals surface area contributed by atoms with Crippen molar-refractivity contribution in [2.75, 3.05) is 13.3 Å². The fourth-order valence-corrected chi connectivity index (χ4v) is 1.34. The first-order valence-electron chi connectivity index (χ1n) is 5.52. The van der Waals surface area contributed by atoms with Gasteiger partial charge < -0.3 is 4.74 Å². The van der Waals surface area contributed by atoms with Gasteiger partial charge in [-0.3, -0.25) is 4.39 Å². The first-order valence-corrected chi connectivity index (χ1v) is 5.52. The molecule has 2 heteroatoms. The van der Waals surface area contributed by atoms with Crippen LogP contribution in [0.3, 0.4) is 0 Å². The molecule has 0 amide bonds. The van der Waals surface area contributed by atoms with E-state index in [-0.39, 0.29) is 6.67 Å². The summed E-state index contributed by atoms with van der Waals surface area (Å²) in [5.74, 6) is 1.42. The van der Waals surface area contributed by atoms with E-state index in [1.807, 2.05) is 12.1 Å². The molecule has 15 heavy (non-hydrogen) atoms. The highest BCUT2D eigenvalue weighted by Crippen LogP contribution is 2.18. The minimum atomic E-state index is -0.254. The Bertz CT molecular complexity index is 266. The summed E-state index contributed by atoms with van der Waals surface area (Å²) in [6, 6.07) is 8.11. The van der Waals surface area contributed by atoms with Crippen molar-refractivity contribution in [3.8, 4) is 5.75 Å². The van der Waals surface area contributed by atoms with Crippen molar-refractivity contribution in [2.45, 2.75) is 32.6 Å². The van der Waals surface area contributed by atoms with E-state index in [9.17, 15) is 4.39 Å². The molecular formula is C13H19FO. The maximum absolute atomic E-state index is 11.8. The van der Waals surface area contributed by atoms with Crippen molar-refractivity contribution in [3.05, 3.63) is 29.8 Å². The van der Waals surface area contributed by atoms with Crippen LogP contribution in [0.4, 0.5) is 4.39 Å². The van der Waals surface area contributed by atoms with Gasteiger partial charge in [0, 0.05) is 0 Å². The van der Waals surface area contributed by atoms with E-state index in [1.165, 1.54) is 5.56 Å². The van der Waals surface area contributed by atoms with Crippen molar-refractivity contribution in [1.82, 2.24) is 0 Å². The number of benzene rings is 1. The van der Waals surface area contributed by atoms with Gasteiger partial charge in [-0.05, 0) is 36.5 Å². The summed E-state index contributed by atoms with van der Waals surface area (Å²) in [4.78, 5) is 0. The van der Waals surface area contributed by atoms with Crippen molar-refractivity contribution < 1.29 is 9.13 Å². The molecular weight excluding hydrogens is 191 g/mol. The van der Waals surface area contributed by atoms with Gasteiger partial charge in [-0.25, -0.2) is 0 Å². The van der Waals surface area contributed by atoms with Crippen LogP contribution in [-0.4, -0.2) is 13.3 Å². The van der Waals surface area contributed by atoms with Crippen molar-refractivity contribution >= 4 is 0 Å². The summed E-state index contributed by atoms with van der Waals surface area (Å²) in [5.41, 5.74) is 1.31. The second kappa shape index (κ2) is 6.44. The molecule has 0 unspecified atom stereocenters. The Hall–Kier alpha value is -1.05. The molecule has 1 rings (SSSR count). The van der Waals surface area contributed by atoms with Crippen LogP contribution in [0.15, 0.2) is 24.3 Å². The molecule has 0 saturated carbocycles. The lowest BCUT2D eigenvalue weighted by atomic mass is 10.0. The Morgan fingerprint density at radius 1 is 1.13 bits per heavy atom. The van der Waals surface area contributed by atoms with Gasteiger partial charge in [0.05, 0.1) is 13.3 Å². The van der Waals surface area contributed by atoms with E-state index < -0.39 is 0 Å². The summed E-state index contributed by atoms with van der Waals surface area (Å²) in [6.07, 6.45) is 1.37. The minimum Gasteiger partial charge on any atom is -0.494 e. The molecule has 0 fully saturated rings. The second-order valence-corrected chi connectivity index (χ2v) is 3.97. The van der Waals surface area contributed by atoms with Crippen LogP contribution < -0.4 is 4.74 Å². The van der Waals surface area contributed by atoms with E-state index in [4.69, 9.17) is 4.74 Å². The number of alkyl halides is 1.